The van der Waals surface area contributed by atoms with Crippen LogP contribution in [0.5, 0.6) is 0 Å². The van der Waals surface area contributed by atoms with E-state index < -0.39 is 0 Å². The number of amides is 2. The first kappa shape index (κ1) is 14.8. The van der Waals surface area contributed by atoms with Crippen molar-refractivity contribution >= 4 is 17.4 Å². The average molecular weight is 308 g/mol. The van der Waals surface area contributed by atoms with E-state index in [1.165, 1.54) is 19.3 Å². The Morgan fingerprint density at radius 3 is 2.90 bits per heavy atom. The number of carbonyl (C=O) groups is 1. The molecule has 1 N–H and O–H groups in total. The third-order valence-corrected chi connectivity index (χ3v) is 5.36. The molecule has 116 valence electrons. The second-order valence-corrected chi connectivity index (χ2v) is 7.27. The van der Waals surface area contributed by atoms with Gasteiger partial charge in [0.25, 0.3) is 0 Å². The fourth-order valence-corrected chi connectivity index (χ4v) is 3.76. The molecule has 1 aromatic heterocycles. The van der Waals surface area contributed by atoms with Crippen LogP contribution in [0.2, 0.25) is 0 Å². The molecule has 2 aliphatic rings. The number of piperidine rings is 1. The van der Waals surface area contributed by atoms with Gasteiger partial charge in [0.05, 0.1) is 6.04 Å². The maximum Gasteiger partial charge on any atom is 0.318 e. The Morgan fingerprint density at radius 1 is 1.48 bits per heavy atom. The van der Waals surface area contributed by atoms with Gasteiger partial charge in [-0.2, -0.15) is 0 Å². The van der Waals surface area contributed by atoms with Crippen LogP contribution in [0.25, 0.3) is 0 Å². The van der Waals surface area contributed by atoms with Crippen molar-refractivity contribution in [2.24, 2.45) is 5.92 Å². The second-order valence-electron chi connectivity index (χ2n) is 6.34. The molecule has 1 saturated carbocycles. The minimum atomic E-state index is 0.0775. The minimum Gasteiger partial charge on any atom is -0.328 e. The van der Waals surface area contributed by atoms with Crippen LogP contribution in [-0.4, -0.2) is 54.0 Å². The molecule has 1 aliphatic heterocycles. The molecule has 21 heavy (non-hydrogen) atoms. The first-order valence-electron chi connectivity index (χ1n) is 7.76. The summed E-state index contributed by atoms with van der Waals surface area (Å²) < 4.78 is 0. The molecule has 2 fully saturated rings. The Kier molecular flexibility index (Phi) is 4.45. The van der Waals surface area contributed by atoms with Crippen LogP contribution in [0.4, 0.5) is 4.79 Å². The van der Waals surface area contributed by atoms with Gasteiger partial charge in [-0.25, -0.2) is 9.78 Å². The number of carbonyl (C=O) groups excluding carboxylic acids is 1. The Labute approximate surface area is 130 Å². The molecule has 0 spiro atoms. The number of likely N-dealkylation sites (N-methyl/N-ethyl adjacent to an activating group) is 1. The van der Waals surface area contributed by atoms with Gasteiger partial charge in [-0.3, -0.25) is 0 Å². The zero-order chi connectivity index (χ0) is 14.8. The number of aromatic nitrogens is 1. The Hall–Kier alpha value is -1.14. The molecule has 1 saturated heterocycles. The zero-order valence-corrected chi connectivity index (χ0v) is 13.6. The monoisotopic (exact) mass is 308 g/mol. The van der Waals surface area contributed by atoms with Crippen molar-refractivity contribution in [2.45, 2.75) is 37.8 Å². The normalized spacial score (nSPS) is 24.1. The first-order chi connectivity index (χ1) is 10.1. The van der Waals surface area contributed by atoms with E-state index in [9.17, 15) is 4.79 Å². The van der Waals surface area contributed by atoms with E-state index >= 15 is 0 Å². The Bertz CT molecular complexity index is 472. The average Bonchev–Trinajstić information content (AvgIpc) is 3.18. The molecule has 3 rings (SSSR count). The third kappa shape index (κ3) is 3.55. The molecule has 2 unspecified atom stereocenters. The van der Waals surface area contributed by atoms with Gasteiger partial charge in [-0.15, -0.1) is 11.3 Å². The number of urea groups is 1. The Morgan fingerprint density at radius 2 is 2.29 bits per heavy atom. The number of thiazole rings is 1. The molecule has 2 amide bonds. The number of nitrogens with one attached hydrogen (secondary N) is 1. The molecule has 0 aromatic carbocycles. The summed E-state index contributed by atoms with van der Waals surface area (Å²) in [6.07, 6.45) is 6.48. The first-order valence-corrected chi connectivity index (χ1v) is 8.64. The molecule has 1 aromatic rings. The van der Waals surface area contributed by atoms with Crippen LogP contribution in [0.15, 0.2) is 11.6 Å². The van der Waals surface area contributed by atoms with Crippen molar-refractivity contribution in [3.05, 3.63) is 16.6 Å². The summed E-state index contributed by atoms with van der Waals surface area (Å²) in [6, 6.07) is 0.662. The number of likely N-dealkylation sites (tertiary alicyclic amines) is 1. The summed E-state index contributed by atoms with van der Waals surface area (Å²) in [5, 5.41) is 6.26. The lowest BCUT2D eigenvalue weighted by Crippen LogP contribution is -2.51. The molecular weight excluding hydrogens is 284 g/mol. The molecule has 2 heterocycles. The van der Waals surface area contributed by atoms with Crippen molar-refractivity contribution in [2.75, 3.05) is 27.2 Å². The largest absolute Gasteiger partial charge is 0.328 e. The zero-order valence-electron chi connectivity index (χ0n) is 12.8. The van der Waals surface area contributed by atoms with Gasteiger partial charge in [-0.1, -0.05) is 0 Å². The van der Waals surface area contributed by atoms with Crippen molar-refractivity contribution in [3.8, 4) is 0 Å². The van der Waals surface area contributed by atoms with Crippen LogP contribution in [-0.2, 0) is 0 Å². The highest BCUT2D eigenvalue weighted by atomic mass is 32.1. The van der Waals surface area contributed by atoms with Crippen molar-refractivity contribution in [1.82, 2.24) is 20.1 Å². The maximum absolute atomic E-state index is 12.6. The summed E-state index contributed by atoms with van der Waals surface area (Å²) in [6.45, 7) is 1.69. The fraction of sp³-hybridized carbons (Fsp3) is 0.733. The van der Waals surface area contributed by atoms with Crippen molar-refractivity contribution in [1.29, 1.82) is 0 Å². The molecule has 1 aliphatic carbocycles. The highest BCUT2D eigenvalue weighted by Gasteiger charge is 2.36. The lowest BCUT2D eigenvalue weighted by molar-refractivity contribution is 0.137. The molecule has 2 atom stereocenters. The number of nitrogens with zero attached hydrogens (tertiary/aromatic N) is 3. The summed E-state index contributed by atoms with van der Waals surface area (Å²) in [4.78, 5) is 21.2. The van der Waals surface area contributed by atoms with E-state index in [0.29, 0.717) is 12.0 Å². The summed E-state index contributed by atoms with van der Waals surface area (Å²) in [5.41, 5.74) is 0. The Balaban J connectivity index is 1.62. The van der Waals surface area contributed by atoms with E-state index in [4.69, 9.17) is 0 Å². The van der Waals surface area contributed by atoms with Crippen molar-refractivity contribution in [3.63, 3.8) is 0 Å². The van der Waals surface area contributed by atoms with Crippen LogP contribution in [0.1, 0.15) is 36.7 Å². The van der Waals surface area contributed by atoms with Crippen molar-refractivity contribution < 1.29 is 4.79 Å². The predicted molar refractivity (Wildman–Crippen MR) is 84.4 cm³/mol. The fourth-order valence-electron chi connectivity index (χ4n) is 2.98. The number of hydrogen-bond acceptors (Lipinski definition) is 4. The lowest BCUT2D eigenvalue weighted by atomic mass is 10.1. The standard InChI is InChI=1S/C15H24N4OS/c1-18(2)12-4-3-8-19(10-12)15(20)17-13(11-5-6-11)14-16-7-9-21-14/h7,9,11-13H,3-6,8,10H2,1-2H3,(H,17,20). The van der Waals surface area contributed by atoms with Crippen LogP contribution in [0.3, 0.4) is 0 Å². The van der Waals surface area contributed by atoms with Gasteiger partial charge in [0.1, 0.15) is 5.01 Å². The summed E-state index contributed by atoms with van der Waals surface area (Å²) in [7, 11) is 4.18. The lowest BCUT2D eigenvalue weighted by Gasteiger charge is -2.36. The van der Waals surface area contributed by atoms with Crippen LogP contribution < -0.4 is 5.32 Å². The van der Waals surface area contributed by atoms with Gasteiger partial charge in [-0.05, 0) is 45.7 Å². The molecule has 5 nitrogen and oxygen atoms in total. The topological polar surface area (TPSA) is 48.5 Å². The van der Waals surface area contributed by atoms with E-state index in [2.05, 4.69) is 29.3 Å². The molecule has 0 bridgehead atoms. The SMILES string of the molecule is CN(C)C1CCCN(C(=O)NC(c2nccs2)C2CC2)C1. The third-order valence-electron chi connectivity index (χ3n) is 4.50. The van der Waals surface area contributed by atoms with Gasteiger partial charge in [0.15, 0.2) is 0 Å². The van der Waals surface area contributed by atoms with Crippen LogP contribution in [0, 0.1) is 5.92 Å². The van der Waals surface area contributed by atoms with E-state index in [0.717, 1.165) is 24.5 Å². The quantitative estimate of drug-likeness (QED) is 0.929. The number of hydrogen-bond donors (Lipinski definition) is 1. The number of rotatable bonds is 4. The second kappa shape index (κ2) is 6.32. The molecular formula is C15H24N4OS. The van der Waals surface area contributed by atoms with E-state index in [1.54, 1.807) is 11.3 Å². The maximum atomic E-state index is 12.6. The summed E-state index contributed by atoms with van der Waals surface area (Å²) >= 11 is 1.64. The van der Waals surface area contributed by atoms with Gasteiger partial charge >= 0.3 is 6.03 Å². The summed E-state index contributed by atoms with van der Waals surface area (Å²) in [5.74, 6) is 0.578. The highest BCUT2D eigenvalue weighted by molar-refractivity contribution is 7.09. The minimum absolute atomic E-state index is 0.0775. The smallest absolute Gasteiger partial charge is 0.318 e. The predicted octanol–water partition coefficient (Wildman–Crippen LogP) is 2.33. The van der Waals surface area contributed by atoms with Gasteiger partial charge < -0.3 is 15.1 Å². The van der Waals surface area contributed by atoms with E-state index in [-0.39, 0.29) is 12.1 Å². The van der Waals surface area contributed by atoms with Crippen LogP contribution >= 0.6 is 11.3 Å². The highest BCUT2D eigenvalue weighted by Crippen LogP contribution is 2.41. The molecule has 6 heteroatoms. The van der Waals surface area contributed by atoms with Gasteiger partial charge in [0, 0.05) is 30.7 Å². The van der Waals surface area contributed by atoms with E-state index in [1.807, 2.05) is 16.5 Å². The van der Waals surface area contributed by atoms with Gasteiger partial charge in [0.2, 0.25) is 0 Å². The molecule has 0 radical (unpaired) electrons.